The van der Waals surface area contributed by atoms with Crippen LogP contribution in [0.3, 0.4) is 0 Å². The second kappa shape index (κ2) is 7.73. The Balaban J connectivity index is 1.73. The molecular weight excluding hydrogens is 312 g/mol. The first kappa shape index (κ1) is 17.5. The lowest BCUT2D eigenvalue weighted by atomic mass is 10.1. The van der Waals surface area contributed by atoms with Crippen molar-refractivity contribution in [2.45, 2.75) is 52.1 Å². The van der Waals surface area contributed by atoms with E-state index in [1.807, 2.05) is 36.4 Å². The molecule has 0 unspecified atom stereocenters. The van der Waals surface area contributed by atoms with Gasteiger partial charge in [-0.05, 0) is 67.3 Å². The molecule has 25 heavy (non-hydrogen) atoms. The molecule has 3 rings (SSSR count). The lowest BCUT2D eigenvalue weighted by Crippen LogP contribution is -2.11. The fourth-order valence-electron chi connectivity index (χ4n) is 3.39. The number of unbranched alkanes of at least 4 members (excludes halogenated alkanes) is 3. The van der Waals surface area contributed by atoms with Crippen molar-refractivity contribution in [3.8, 4) is 22.6 Å². The molecule has 0 amide bonds. The van der Waals surface area contributed by atoms with Crippen LogP contribution in [-0.4, -0.2) is 19.0 Å². The summed E-state index contributed by atoms with van der Waals surface area (Å²) in [5.74, 6) is 1.52. The van der Waals surface area contributed by atoms with Gasteiger partial charge in [0.2, 0.25) is 0 Å². The highest BCUT2D eigenvalue weighted by atomic mass is 16.5. The third kappa shape index (κ3) is 3.71. The molecule has 0 aromatic heterocycles. The first-order chi connectivity index (χ1) is 12.1. The molecule has 132 valence electrons. The maximum absolute atomic E-state index is 12.7. The van der Waals surface area contributed by atoms with Crippen LogP contribution in [0.15, 0.2) is 36.4 Å². The summed E-state index contributed by atoms with van der Waals surface area (Å²) >= 11 is 0. The number of benzene rings is 2. The monoisotopic (exact) mass is 338 g/mol. The largest absolute Gasteiger partial charge is 0.497 e. The summed E-state index contributed by atoms with van der Waals surface area (Å²) in [6.45, 7) is 4.32. The van der Waals surface area contributed by atoms with E-state index in [4.69, 9.17) is 9.47 Å². The van der Waals surface area contributed by atoms with Crippen LogP contribution < -0.4 is 9.47 Å². The lowest BCUT2D eigenvalue weighted by molar-refractivity contribution is 0.104. The molecule has 0 N–H and O–H groups in total. The van der Waals surface area contributed by atoms with Gasteiger partial charge < -0.3 is 9.47 Å². The summed E-state index contributed by atoms with van der Waals surface area (Å²) in [4.78, 5) is 12.7. The highest BCUT2D eigenvalue weighted by Gasteiger charge is 2.27. The summed E-state index contributed by atoms with van der Waals surface area (Å²) in [6, 6.07) is 11.5. The van der Waals surface area contributed by atoms with Gasteiger partial charge in [0.05, 0.1) is 13.2 Å². The smallest absolute Gasteiger partial charge is 0.194 e. The molecule has 2 aromatic carbocycles. The Hall–Kier alpha value is -2.29. The zero-order chi connectivity index (χ0) is 17.8. The second-order valence-electron chi connectivity index (χ2n) is 6.73. The van der Waals surface area contributed by atoms with Crippen LogP contribution in [0.25, 0.3) is 11.1 Å². The number of hydrogen-bond acceptors (Lipinski definition) is 3. The van der Waals surface area contributed by atoms with Crippen LogP contribution in [0, 0.1) is 0 Å². The van der Waals surface area contributed by atoms with Gasteiger partial charge in [0.15, 0.2) is 5.78 Å². The maximum Gasteiger partial charge on any atom is 0.194 e. The van der Waals surface area contributed by atoms with Gasteiger partial charge in [0.1, 0.15) is 11.5 Å². The number of carbonyl (C=O) groups is 1. The predicted octanol–water partition coefficient (Wildman–Crippen LogP) is 5.64. The SMILES string of the molecule is CCCCCC[C@@H](C)Oc1ccc2c(c1)C(=O)c1cc(OC)ccc1-2. The highest BCUT2D eigenvalue weighted by molar-refractivity contribution is 6.22. The lowest BCUT2D eigenvalue weighted by Gasteiger charge is -2.15. The van der Waals surface area contributed by atoms with E-state index < -0.39 is 0 Å². The summed E-state index contributed by atoms with van der Waals surface area (Å²) < 4.78 is 11.3. The molecule has 1 aliphatic carbocycles. The Labute approximate surface area is 150 Å². The van der Waals surface area contributed by atoms with Crippen molar-refractivity contribution in [1.82, 2.24) is 0 Å². The fourth-order valence-corrected chi connectivity index (χ4v) is 3.39. The van der Waals surface area contributed by atoms with Gasteiger partial charge in [0.25, 0.3) is 0 Å². The third-order valence-corrected chi connectivity index (χ3v) is 4.80. The van der Waals surface area contributed by atoms with Crippen molar-refractivity contribution in [2.24, 2.45) is 0 Å². The quantitative estimate of drug-likeness (QED) is 0.498. The van der Waals surface area contributed by atoms with E-state index in [9.17, 15) is 4.79 Å². The van der Waals surface area contributed by atoms with Gasteiger partial charge in [-0.25, -0.2) is 0 Å². The number of hydrogen-bond donors (Lipinski definition) is 0. The molecule has 3 heteroatoms. The number of rotatable bonds is 8. The maximum atomic E-state index is 12.7. The van der Waals surface area contributed by atoms with Crippen molar-refractivity contribution in [1.29, 1.82) is 0 Å². The van der Waals surface area contributed by atoms with Crippen LogP contribution in [0.4, 0.5) is 0 Å². The standard InChI is InChI=1S/C22H26O3/c1-4-5-6-7-8-15(2)25-17-10-12-19-18-11-9-16(24-3)13-20(18)22(23)21(19)14-17/h9-15H,4-8H2,1-3H3/t15-/m1/s1. The zero-order valence-electron chi connectivity index (χ0n) is 15.3. The van der Waals surface area contributed by atoms with Gasteiger partial charge in [-0.1, -0.05) is 26.2 Å². The average Bonchev–Trinajstić information content (AvgIpc) is 2.90. The minimum atomic E-state index is 0.0462. The number of methoxy groups -OCH3 is 1. The molecule has 0 saturated carbocycles. The zero-order valence-corrected chi connectivity index (χ0v) is 15.3. The number of ether oxygens (including phenoxy) is 2. The molecule has 1 atom stereocenters. The minimum absolute atomic E-state index is 0.0462. The van der Waals surface area contributed by atoms with Gasteiger partial charge in [-0.2, -0.15) is 0 Å². The van der Waals surface area contributed by atoms with Crippen molar-refractivity contribution < 1.29 is 14.3 Å². The van der Waals surface area contributed by atoms with Gasteiger partial charge in [-0.3, -0.25) is 4.79 Å². The average molecular weight is 338 g/mol. The normalized spacial score (nSPS) is 13.3. The highest BCUT2D eigenvalue weighted by Crippen LogP contribution is 2.40. The van der Waals surface area contributed by atoms with E-state index in [-0.39, 0.29) is 11.9 Å². The Bertz CT molecular complexity index is 764. The van der Waals surface area contributed by atoms with E-state index in [2.05, 4.69) is 13.8 Å². The Morgan fingerprint density at radius 2 is 1.52 bits per heavy atom. The molecule has 0 heterocycles. The number of fused-ring (bicyclic) bond motifs is 3. The fraction of sp³-hybridized carbons (Fsp3) is 0.409. The molecule has 0 aliphatic heterocycles. The molecule has 0 saturated heterocycles. The first-order valence-corrected chi connectivity index (χ1v) is 9.18. The molecule has 0 spiro atoms. The van der Waals surface area contributed by atoms with E-state index in [0.717, 1.165) is 28.9 Å². The second-order valence-corrected chi connectivity index (χ2v) is 6.73. The van der Waals surface area contributed by atoms with Crippen molar-refractivity contribution >= 4 is 5.78 Å². The first-order valence-electron chi connectivity index (χ1n) is 9.18. The third-order valence-electron chi connectivity index (χ3n) is 4.80. The molecule has 0 fully saturated rings. The van der Waals surface area contributed by atoms with Crippen LogP contribution in [0.5, 0.6) is 11.5 Å². The van der Waals surface area contributed by atoms with Crippen LogP contribution in [-0.2, 0) is 0 Å². The van der Waals surface area contributed by atoms with E-state index in [1.54, 1.807) is 7.11 Å². The number of ketones is 1. The molecule has 0 radical (unpaired) electrons. The van der Waals surface area contributed by atoms with Crippen molar-refractivity contribution in [3.63, 3.8) is 0 Å². The van der Waals surface area contributed by atoms with Gasteiger partial charge >= 0.3 is 0 Å². The van der Waals surface area contributed by atoms with Crippen molar-refractivity contribution in [3.05, 3.63) is 47.5 Å². The molecule has 0 bridgehead atoms. The van der Waals surface area contributed by atoms with E-state index >= 15 is 0 Å². The van der Waals surface area contributed by atoms with E-state index in [1.165, 1.54) is 25.7 Å². The molecule has 2 aromatic rings. The molecule has 3 nitrogen and oxygen atoms in total. The molecule has 1 aliphatic rings. The van der Waals surface area contributed by atoms with Gasteiger partial charge in [0, 0.05) is 11.1 Å². The van der Waals surface area contributed by atoms with Crippen molar-refractivity contribution in [2.75, 3.05) is 7.11 Å². The summed E-state index contributed by atoms with van der Waals surface area (Å²) in [7, 11) is 1.61. The molecular formula is C22H26O3. The van der Waals surface area contributed by atoms with Crippen LogP contribution in [0.2, 0.25) is 0 Å². The van der Waals surface area contributed by atoms with E-state index in [0.29, 0.717) is 11.3 Å². The Morgan fingerprint density at radius 3 is 2.16 bits per heavy atom. The van der Waals surface area contributed by atoms with Crippen LogP contribution in [0.1, 0.15) is 61.9 Å². The summed E-state index contributed by atoms with van der Waals surface area (Å²) in [5, 5.41) is 0. The summed E-state index contributed by atoms with van der Waals surface area (Å²) in [5.41, 5.74) is 3.38. The summed E-state index contributed by atoms with van der Waals surface area (Å²) in [6.07, 6.45) is 6.17. The minimum Gasteiger partial charge on any atom is -0.497 e. The predicted molar refractivity (Wildman–Crippen MR) is 101 cm³/mol. The number of carbonyl (C=O) groups excluding carboxylic acids is 1. The Morgan fingerprint density at radius 1 is 0.880 bits per heavy atom. The Kier molecular flexibility index (Phi) is 5.42. The van der Waals surface area contributed by atoms with Crippen LogP contribution >= 0.6 is 0 Å². The van der Waals surface area contributed by atoms with Gasteiger partial charge in [-0.15, -0.1) is 0 Å². The topological polar surface area (TPSA) is 35.5 Å².